The average Bonchev–Trinajstić information content (AvgIpc) is 2.64. The molecule has 3 rings (SSSR count). The van der Waals surface area contributed by atoms with Crippen molar-refractivity contribution in [3.8, 4) is 0 Å². The highest BCUT2D eigenvalue weighted by Gasteiger charge is 2.59. The minimum atomic E-state index is -0.616. The molecule has 2 aliphatic rings. The number of aliphatic hydroxyl groups is 1. The van der Waals surface area contributed by atoms with Crippen LogP contribution in [0, 0.1) is 5.41 Å². The third-order valence-corrected chi connectivity index (χ3v) is 5.97. The van der Waals surface area contributed by atoms with Crippen LogP contribution in [0.4, 0.5) is 0 Å². The van der Waals surface area contributed by atoms with Crippen molar-refractivity contribution in [1.82, 2.24) is 10.6 Å². The highest BCUT2D eigenvalue weighted by molar-refractivity contribution is 14.0. The summed E-state index contributed by atoms with van der Waals surface area (Å²) in [6.45, 7) is 6.79. The fourth-order valence-corrected chi connectivity index (χ4v) is 4.26. The maximum atomic E-state index is 10.2. The Bertz CT molecular complexity index is 625. The zero-order valence-electron chi connectivity index (χ0n) is 17.6. The van der Waals surface area contributed by atoms with Gasteiger partial charge in [-0.25, -0.2) is 0 Å². The largest absolute Gasteiger partial charge is 0.389 e. The molecule has 2 fully saturated rings. The highest BCUT2D eigenvalue weighted by atomic mass is 127. The Kier molecular flexibility index (Phi) is 10.1. The Morgan fingerprint density at radius 1 is 1.28 bits per heavy atom. The van der Waals surface area contributed by atoms with Crippen molar-refractivity contribution in [3.05, 3.63) is 35.9 Å². The third-order valence-electron chi connectivity index (χ3n) is 5.97. The second kappa shape index (κ2) is 12.1. The number of nitrogens with one attached hydrogen (secondary N) is 2. The van der Waals surface area contributed by atoms with E-state index in [4.69, 9.17) is 9.47 Å². The number of nitrogens with zero attached hydrogens (tertiary/aromatic N) is 1. The molecule has 0 heterocycles. The Morgan fingerprint density at radius 2 is 2.03 bits per heavy atom. The predicted molar refractivity (Wildman–Crippen MR) is 127 cm³/mol. The number of guanidine groups is 1. The van der Waals surface area contributed by atoms with Crippen LogP contribution < -0.4 is 10.6 Å². The van der Waals surface area contributed by atoms with Crippen molar-refractivity contribution < 1.29 is 14.6 Å². The lowest BCUT2D eigenvalue weighted by Gasteiger charge is -2.61. The molecule has 29 heavy (non-hydrogen) atoms. The molecule has 3 N–H and O–H groups in total. The molecule has 0 radical (unpaired) electrons. The Balaban J connectivity index is 0.00000300. The first-order valence-corrected chi connectivity index (χ1v) is 10.6. The van der Waals surface area contributed by atoms with Crippen LogP contribution in [0.3, 0.4) is 0 Å². The van der Waals surface area contributed by atoms with Gasteiger partial charge < -0.3 is 25.2 Å². The number of hydrogen-bond acceptors (Lipinski definition) is 4. The third kappa shape index (κ3) is 6.29. The molecule has 1 aromatic carbocycles. The summed E-state index contributed by atoms with van der Waals surface area (Å²) in [6, 6.07) is 10.4. The topological polar surface area (TPSA) is 75.1 Å². The SMILES string of the molecule is CCNC(=NCC(O)COCc1ccccc1)NC1CC(OCC)C12CCC2.I. The van der Waals surface area contributed by atoms with Crippen LogP contribution in [0.1, 0.15) is 45.1 Å². The van der Waals surface area contributed by atoms with Gasteiger partial charge in [0.15, 0.2) is 5.96 Å². The fraction of sp³-hybridized carbons (Fsp3) is 0.682. The first kappa shape index (κ1) is 24.4. The van der Waals surface area contributed by atoms with Crippen LogP contribution in [-0.2, 0) is 16.1 Å². The van der Waals surface area contributed by atoms with Crippen LogP contribution >= 0.6 is 24.0 Å². The normalized spacial score (nSPS) is 23.5. The summed E-state index contributed by atoms with van der Waals surface area (Å²) >= 11 is 0. The van der Waals surface area contributed by atoms with Gasteiger partial charge >= 0.3 is 0 Å². The lowest BCUT2D eigenvalue weighted by molar-refractivity contribution is -0.168. The molecule has 0 bridgehead atoms. The lowest BCUT2D eigenvalue weighted by Crippen LogP contribution is -2.68. The maximum Gasteiger partial charge on any atom is 0.191 e. The second-order valence-electron chi connectivity index (χ2n) is 7.84. The lowest BCUT2D eigenvalue weighted by atomic mass is 9.51. The minimum Gasteiger partial charge on any atom is -0.389 e. The number of aliphatic imine (C=N–C) groups is 1. The smallest absolute Gasteiger partial charge is 0.191 e. The standard InChI is InChI=1S/C22H35N3O3.HI/c1-3-23-21(25-19-13-20(28-4-2)22(19)11-8-12-22)24-14-18(26)16-27-15-17-9-6-5-7-10-17;/h5-7,9-10,18-20,26H,3-4,8,11-16H2,1-2H3,(H2,23,24,25);1H. The van der Waals surface area contributed by atoms with Crippen LogP contribution in [0.15, 0.2) is 35.3 Å². The van der Waals surface area contributed by atoms with Gasteiger partial charge in [0, 0.05) is 24.6 Å². The molecular formula is C22H36IN3O3. The molecule has 0 saturated heterocycles. The van der Waals surface area contributed by atoms with Gasteiger partial charge in [0.25, 0.3) is 0 Å². The van der Waals surface area contributed by atoms with Crippen molar-refractivity contribution in [1.29, 1.82) is 0 Å². The molecule has 7 heteroatoms. The van der Waals surface area contributed by atoms with Gasteiger partial charge in [-0.3, -0.25) is 4.99 Å². The molecule has 2 saturated carbocycles. The number of rotatable bonds is 10. The molecular weight excluding hydrogens is 481 g/mol. The molecule has 2 aliphatic carbocycles. The maximum absolute atomic E-state index is 10.2. The van der Waals surface area contributed by atoms with Gasteiger partial charge in [-0.05, 0) is 38.7 Å². The van der Waals surface area contributed by atoms with E-state index in [2.05, 4.69) is 29.5 Å². The Labute approximate surface area is 191 Å². The van der Waals surface area contributed by atoms with Crippen LogP contribution in [0.2, 0.25) is 0 Å². The fourth-order valence-electron chi connectivity index (χ4n) is 4.26. The van der Waals surface area contributed by atoms with E-state index in [-0.39, 0.29) is 36.0 Å². The zero-order chi connectivity index (χ0) is 19.8. The first-order chi connectivity index (χ1) is 13.7. The monoisotopic (exact) mass is 517 g/mol. The summed E-state index contributed by atoms with van der Waals surface area (Å²) in [5.41, 5.74) is 1.39. The second-order valence-corrected chi connectivity index (χ2v) is 7.84. The average molecular weight is 517 g/mol. The number of halogens is 1. The summed E-state index contributed by atoms with van der Waals surface area (Å²) in [6.07, 6.45) is 4.53. The molecule has 1 spiro atoms. The van der Waals surface area contributed by atoms with Gasteiger partial charge in [0.2, 0.25) is 0 Å². The molecule has 0 amide bonds. The van der Waals surface area contributed by atoms with E-state index in [0.717, 1.165) is 31.1 Å². The summed E-state index contributed by atoms with van der Waals surface area (Å²) in [4.78, 5) is 4.58. The van der Waals surface area contributed by atoms with Crippen molar-refractivity contribution >= 4 is 29.9 Å². The van der Waals surface area contributed by atoms with Gasteiger partial charge in [-0.15, -0.1) is 24.0 Å². The van der Waals surface area contributed by atoms with Crippen molar-refractivity contribution in [2.45, 2.75) is 64.4 Å². The number of benzene rings is 1. The van der Waals surface area contributed by atoms with E-state index in [1.807, 2.05) is 30.3 Å². The quantitative estimate of drug-likeness (QED) is 0.253. The number of aliphatic hydroxyl groups excluding tert-OH is 1. The van der Waals surface area contributed by atoms with E-state index in [0.29, 0.717) is 25.3 Å². The van der Waals surface area contributed by atoms with Crippen LogP contribution in [0.25, 0.3) is 0 Å². The van der Waals surface area contributed by atoms with Gasteiger partial charge in [-0.2, -0.15) is 0 Å². The molecule has 3 unspecified atom stereocenters. The zero-order valence-corrected chi connectivity index (χ0v) is 19.9. The number of ether oxygens (including phenoxy) is 2. The van der Waals surface area contributed by atoms with Gasteiger partial charge in [0.1, 0.15) is 0 Å². The summed E-state index contributed by atoms with van der Waals surface area (Å²) in [5.74, 6) is 0.774. The number of hydrogen-bond donors (Lipinski definition) is 3. The van der Waals surface area contributed by atoms with Gasteiger partial charge in [0.05, 0.1) is 32.0 Å². The van der Waals surface area contributed by atoms with Crippen LogP contribution in [-0.4, -0.2) is 55.6 Å². The molecule has 0 aromatic heterocycles. The van der Waals surface area contributed by atoms with Crippen molar-refractivity contribution in [2.24, 2.45) is 10.4 Å². The van der Waals surface area contributed by atoms with Crippen molar-refractivity contribution in [3.63, 3.8) is 0 Å². The Hall–Kier alpha value is -0.900. The molecule has 164 valence electrons. The van der Waals surface area contributed by atoms with E-state index >= 15 is 0 Å². The van der Waals surface area contributed by atoms with Gasteiger partial charge in [-0.1, -0.05) is 36.8 Å². The van der Waals surface area contributed by atoms with E-state index in [9.17, 15) is 5.11 Å². The van der Waals surface area contributed by atoms with Crippen LogP contribution in [0.5, 0.6) is 0 Å². The first-order valence-electron chi connectivity index (χ1n) is 10.6. The summed E-state index contributed by atoms with van der Waals surface area (Å²) in [7, 11) is 0. The summed E-state index contributed by atoms with van der Waals surface area (Å²) < 4.78 is 11.5. The molecule has 3 atom stereocenters. The van der Waals surface area contributed by atoms with E-state index < -0.39 is 6.10 Å². The Morgan fingerprint density at radius 3 is 2.66 bits per heavy atom. The highest BCUT2D eigenvalue weighted by Crippen LogP contribution is 2.57. The van der Waals surface area contributed by atoms with E-state index in [1.165, 1.54) is 19.3 Å². The van der Waals surface area contributed by atoms with E-state index in [1.54, 1.807) is 0 Å². The molecule has 0 aliphatic heterocycles. The summed E-state index contributed by atoms with van der Waals surface area (Å²) in [5, 5.41) is 17.1. The molecule has 6 nitrogen and oxygen atoms in total. The predicted octanol–water partition coefficient (Wildman–Crippen LogP) is 3.08. The molecule has 1 aromatic rings. The van der Waals surface area contributed by atoms with Crippen molar-refractivity contribution in [2.75, 3.05) is 26.3 Å². The minimum absolute atomic E-state index is 0.